The van der Waals surface area contributed by atoms with E-state index in [1.165, 1.54) is 55.6 Å². The van der Waals surface area contributed by atoms with Crippen LogP contribution in [0.15, 0.2) is 54.6 Å². The highest BCUT2D eigenvalue weighted by molar-refractivity contribution is 6.31. The minimum atomic E-state index is -1.84. The van der Waals surface area contributed by atoms with Gasteiger partial charge >= 0.3 is 11.9 Å². The highest BCUT2D eigenvalue weighted by Gasteiger charge is 2.61. The number of anilines is 1. The Labute approximate surface area is 347 Å². The van der Waals surface area contributed by atoms with Crippen molar-refractivity contribution >= 4 is 52.6 Å². The molecule has 1 fully saturated rings. The number of methoxy groups -OCH3 is 1. The highest BCUT2D eigenvalue weighted by Crippen LogP contribution is 2.53. The van der Waals surface area contributed by atoms with Crippen molar-refractivity contribution in [3.63, 3.8) is 0 Å². The molecule has 4 N–H and O–H groups in total. The number of esters is 2. The van der Waals surface area contributed by atoms with Crippen molar-refractivity contribution in [2.75, 3.05) is 32.7 Å². The van der Waals surface area contributed by atoms with Gasteiger partial charge in [-0.25, -0.2) is 18.4 Å². The zero-order chi connectivity index (χ0) is 43.1. The summed E-state index contributed by atoms with van der Waals surface area (Å²) < 4.78 is 48.1. The number of hydrogen-bond acceptors (Lipinski definition) is 10. The summed E-state index contributed by atoms with van der Waals surface area (Å²) in [6.07, 6.45) is 0.273. The lowest BCUT2D eigenvalue weighted by molar-refractivity contribution is -0.150. The predicted octanol–water partition coefficient (Wildman–Crippen LogP) is 6.69. The summed E-state index contributed by atoms with van der Waals surface area (Å²) in [5.41, 5.74) is -2.26. The van der Waals surface area contributed by atoms with Crippen molar-refractivity contribution in [2.24, 2.45) is 11.3 Å². The van der Waals surface area contributed by atoms with Gasteiger partial charge in [0.05, 0.1) is 41.5 Å². The first-order chi connectivity index (χ1) is 27.3. The van der Waals surface area contributed by atoms with Crippen LogP contribution in [0.5, 0.6) is 5.75 Å². The van der Waals surface area contributed by atoms with Crippen LogP contribution in [0, 0.1) is 34.3 Å². The van der Waals surface area contributed by atoms with Crippen LogP contribution in [0.4, 0.5) is 14.5 Å². The van der Waals surface area contributed by atoms with Crippen LogP contribution in [0.3, 0.4) is 0 Å². The number of likely N-dealkylation sites (N-methyl/N-ethyl adjacent to an activating group) is 1. The quantitative estimate of drug-likeness (QED) is 0.0957. The van der Waals surface area contributed by atoms with E-state index in [4.69, 9.17) is 37.4 Å². The summed E-state index contributed by atoms with van der Waals surface area (Å²) in [6.45, 7) is 10.4. The van der Waals surface area contributed by atoms with Gasteiger partial charge in [-0.15, -0.1) is 0 Å². The van der Waals surface area contributed by atoms with Gasteiger partial charge in [-0.3, -0.25) is 9.59 Å². The minimum Gasteiger partial charge on any atom is -0.495 e. The van der Waals surface area contributed by atoms with Crippen molar-refractivity contribution in [1.29, 1.82) is 5.26 Å². The summed E-state index contributed by atoms with van der Waals surface area (Å²) >= 11 is 12.4. The zero-order valence-electron chi connectivity index (χ0n) is 33.6. The number of nitrogens with zero attached hydrogens (tertiary/aromatic N) is 1. The fraction of sp³-hybridized carbons (Fsp3) is 0.452. The number of hydrogen-bond donors (Lipinski definition) is 4. The molecule has 1 aliphatic heterocycles. The Balaban J connectivity index is 1.59. The summed E-state index contributed by atoms with van der Waals surface area (Å²) in [5.74, 6) is -5.73. The van der Waals surface area contributed by atoms with Gasteiger partial charge in [0.25, 0.3) is 0 Å². The Bertz CT molecular complexity index is 2060. The van der Waals surface area contributed by atoms with E-state index in [2.05, 4.69) is 27.3 Å². The molecular weight excluding hydrogens is 795 g/mol. The molecule has 0 bridgehead atoms. The summed E-state index contributed by atoms with van der Waals surface area (Å²) in [7, 11) is 2.94. The summed E-state index contributed by atoms with van der Waals surface area (Å²) in [6, 6.07) is 10.9. The number of rotatable bonds is 15. The van der Waals surface area contributed by atoms with E-state index in [1.807, 2.05) is 20.8 Å². The van der Waals surface area contributed by atoms with E-state index >= 15 is 8.78 Å². The molecular formula is C42H49Cl2F2N5O7. The van der Waals surface area contributed by atoms with Crippen molar-refractivity contribution < 1.29 is 42.2 Å². The maximum atomic E-state index is 16.1. The topological polar surface area (TPSA) is 168 Å². The van der Waals surface area contributed by atoms with E-state index in [9.17, 15) is 24.4 Å². The van der Waals surface area contributed by atoms with Gasteiger partial charge in [0, 0.05) is 22.5 Å². The number of carbonyl (C=O) groups excluding carboxylic acids is 4. The van der Waals surface area contributed by atoms with Crippen LogP contribution in [-0.2, 0) is 29.3 Å². The molecule has 0 aliphatic carbocycles. The molecule has 2 amide bonds. The second-order valence-electron chi connectivity index (χ2n) is 15.6. The van der Waals surface area contributed by atoms with Gasteiger partial charge in [-0.2, -0.15) is 5.26 Å². The first kappa shape index (κ1) is 45.9. The smallest absolute Gasteiger partial charge is 0.338 e. The number of nitrogens with one attached hydrogen (secondary N) is 4. The van der Waals surface area contributed by atoms with Crippen molar-refractivity contribution in [3.8, 4) is 11.8 Å². The molecule has 12 nitrogen and oxygen atoms in total. The number of benzene rings is 3. The molecule has 0 saturated carbocycles. The predicted molar refractivity (Wildman–Crippen MR) is 216 cm³/mol. The minimum absolute atomic E-state index is 0.0411. The summed E-state index contributed by atoms with van der Waals surface area (Å²) in [4.78, 5) is 52.4. The number of amides is 2. The molecule has 0 radical (unpaired) electrons. The molecule has 3 aromatic carbocycles. The van der Waals surface area contributed by atoms with E-state index in [0.717, 1.165) is 6.07 Å². The fourth-order valence-electron chi connectivity index (χ4n) is 7.05. The first-order valence-electron chi connectivity index (χ1n) is 18.7. The average molecular weight is 845 g/mol. The molecule has 3 aromatic rings. The Hall–Kier alpha value is -4.81. The van der Waals surface area contributed by atoms with Crippen LogP contribution >= 0.6 is 23.2 Å². The molecule has 1 saturated heterocycles. The molecule has 4 rings (SSSR count). The van der Waals surface area contributed by atoms with Gasteiger partial charge < -0.3 is 35.5 Å². The Kier molecular flexibility index (Phi) is 15.3. The SMILES string of the molecule is CN[C@@H](C)C(=O)N[C@H](C(=O)OCCOC(=O)c1ccc(NC(=O)[C@@H]2N[C@@H](CC(C)(C)C)[C@](C#N)(c3ccc(Cl)cc3F)[C@H]2c2cccc(Cl)c2F)c(OC)c1)C(C)C. The molecule has 6 atom stereocenters. The second kappa shape index (κ2) is 19.3. The van der Waals surface area contributed by atoms with Crippen LogP contribution in [0.2, 0.25) is 10.0 Å². The summed E-state index contributed by atoms with van der Waals surface area (Å²) in [5, 5.41) is 22.4. The van der Waals surface area contributed by atoms with Crippen LogP contribution in [0.25, 0.3) is 0 Å². The van der Waals surface area contributed by atoms with Gasteiger partial charge in [-0.1, -0.05) is 76.0 Å². The van der Waals surface area contributed by atoms with E-state index in [-0.39, 0.29) is 69.6 Å². The second-order valence-corrected chi connectivity index (χ2v) is 16.5. The van der Waals surface area contributed by atoms with Gasteiger partial charge in [0.1, 0.15) is 42.1 Å². The molecule has 58 heavy (non-hydrogen) atoms. The third kappa shape index (κ3) is 10.2. The molecule has 1 aliphatic rings. The van der Waals surface area contributed by atoms with Crippen LogP contribution in [-0.4, -0.2) is 75.3 Å². The number of carbonyl (C=O) groups is 4. The average Bonchev–Trinajstić information content (AvgIpc) is 3.48. The fourth-order valence-corrected chi connectivity index (χ4v) is 7.39. The molecule has 0 aromatic heterocycles. The normalized spacial score (nSPS) is 20.1. The van der Waals surface area contributed by atoms with Crippen molar-refractivity contribution in [1.82, 2.24) is 16.0 Å². The Morgan fingerprint density at radius 1 is 1.00 bits per heavy atom. The van der Waals surface area contributed by atoms with Gasteiger partial charge in [-0.05, 0) is 73.7 Å². The third-order valence-electron chi connectivity index (χ3n) is 10.0. The van der Waals surface area contributed by atoms with Crippen LogP contribution < -0.4 is 26.0 Å². The number of ether oxygens (including phenoxy) is 3. The molecule has 16 heteroatoms. The highest BCUT2D eigenvalue weighted by atomic mass is 35.5. The van der Waals surface area contributed by atoms with Gasteiger partial charge in [0.2, 0.25) is 11.8 Å². The number of halogens is 4. The van der Waals surface area contributed by atoms with E-state index in [0.29, 0.717) is 0 Å². The molecule has 0 spiro atoms. The maximum Gasteiger partial charge on any atom is 0.338 e. The van der Waals surface area contributed by atoms with E-state index in [1.54, 1.807) is 27.8 Å². The molecule has 1 heterocycles. The third-order valence-corrected chi connectivity index (χ3v) is 10.6. The van der Waals surface area contributed by atoms with E-state index < -0.39 is 70.4 Å². The van der Waals surface area contributed by atoms with Crippen LogP contribution in [0.1, 0.15) is 75.4 Å². The lowest BCUT2D eigenvalue weighted by Gasteiger charge is -2.37. The standard InChI is InChI=1S/C42H49Cl2F2N5O7/c1-22(2)35(51-37(52)23(3)48-7)40(55)58-17-16-57-39(54)24-12-15-30(31(18-24)56-8)49-38(53)36-33(26-10-9-11-28(44)34(26)46)42(21-47,32(50-36)20-41(4,5)6)27-14-13-25(43)19-29(27)45/h9-15,18-19,22-23,32-33,35-36,48,50H,16-17,20H2,1-8H3,(H,49,53)(H,51,52)/t23-,32-,33-,35-,36+,42-/m0/s1. The monoisotopic (exact) mass is 843 g/mol. The van der Waals surface area contributed by atoms with Crippen molar-refractivity contribution in [3.05, 3.63) is 93.0 Å². The molecule has 312 valence electrons. The first-order valence-corrected chi connectivity index (χ1v) is 19.4. The zero-order valence-corrected chi connectivity index (χ0v) is 35.1. The number of nitriles is 1. The maximum absolute atomic E-state index is 16.1. The van der Waals surface area contributed by atoms with Gasteiger partial charge in [0.15, 0.2) is 0 Å². The largest absolute Gasteiger partial charge is 0.495 e. The Morgan fingerprint density at radius 2 is 1.69 bits per heavy atom. The van der Waals surface area contributed by atoms with Crippen molar-refractivity contribution in [2.45, 2.75) is 83.5 Å². The lowest BCUT2D eigenvalue weighted by Crippen LogP contribution is -2.51. The Morgan fingerprint density at radius 3 is 2.29 bits per heavy atom. The molecule has 0 unspecified atom stereocenters. The lowest BCUT2D eigenvalue weighted by atomic mass is 9.62.